The molecule has 2 fully saturated rings. The summed E-state index contributed by atoms with van der Waals surface area (Å²) in [5.41, 5.74) is 1.49. The van der Waals surface area contributed by atoms with Gasteiger partial charge in [-0.1, -0.05) is 30.3 Å². The van der Waals surface area contributed by atoms with Gasteiger partial charge in [-0.25, -0.2) is 0 Å². The summed E-state index contributed by atoms with van der Waals surface area (Å²) < 4.78 is 5.69. The molecule has 1 aromatic rings. The third-order valence-corrected chi connectivity index (χ3v) is 4.49. The number of benzene rings is 1. The molecule has 2 aliphatic heterocycles. The van der Waals surface area contributed by atoms with Crippen LogP contribution in [0.5, 0.6) is 0 Å². The lowest BCUT2D eigenvalue weighted by molar-refractivity contribution is 0.0818. The highest BCUT2D eigenvalue weighted by Gasteiger charge is 2.34. The van der Waals surface area contributed by atoms with E-state index in [9.17, 15) is 0 Å². The highest BCUT2D eigenvalue weighted by molar-refractivity contribution is 5.15. The van der Waals surface area contributed by atoms with Crippen molar-refractivity contribution < 1.29 is 4.74 Å². The maximum atomic E-state index is 5.69. The van der Waals surface area contributed by atoms with Gasteiger partial charge in [0.2, 0.25) is 0 Å². The van der Waals surface area contributed by atoms with Crippen LogP contribution in [0.15, 0.2) is 30.3 Å². The Balaban J connectivity index is 1.55. The molecule has 2 heteroatoms. The summed E-state index contributed by atoms with van der Waals surface area (Å²) in [6.45, 7) is 5.69. The maximum Gasteiger partial charge on any atom is 0.0703 e. The first-order chi connectivity index (χ1) is 8.83. The van der Waals surface area contributed by atoms with Crippen molar-refractivity contribution >= 4 is 0 Å². The molecule has 0 saturated carbocycles. The summed E-state index contributed by atoms with van der Waals surface area (Å²) >= 11 is 0. The van der Waals surface area contributed by atoms with Crippen molar-refractivity contribution in [2.75, 3.05) is 19.7 Å². The Labute approximate surface area is 110 Å². The molecule has 2 nitrogen and oxygen atoms in total. The molecule has 0 aromatic heterocycles. The highest BCUT2D eigenvalue weighted by atomic mass is 16.5. The Kier molecular flexibility index (Phi) is 3.67. The average Bonchev–Trinajstić information content (AvgIpc) is 2.99. The Morgan fingerprint density at radius 2 is 2.06 bits per heavy atom. The van der Waals surface area contributed by atoms with Crippen LogP contribution in [0.3, 0.4) is 0 Å². The molecule has 2 heterocycles. The topological polar surface area (TPSA) is 12.5 Å². The molecule has 2 aliphatic rings. The van der Waals surface area contributed by atoms with E-state index >= 15 is 0 Å². The number of hydrogen-bond acceptors (Lipinski definition) is 2. The van der Waals surface area contributed by atoms with Crippen LogP contribution in [0.4, 0.5) is 0 Å². The third kappa shape index (κ3) is 2.60. The van der Waals surface area contributed by atoms with Gasteiger partial charge in [0.25, 0.3) is 0 Å². The van der Waals surface area contributed by atoms with Crippen LogP contribution in [0.2, 0.25) is 0 Å². The first kappa shape index (κ1) is 12.2. The van der Waals surface area contributed by atoms with E-state index in [0.29, 0.717) is 12.1 Å². The molecule has 0 bridgehead atoms. The van der Waals surface area contributed by atoms with E-state index in [1.165, 1.54) is 37.9 Å². The monoisotopic (exact) mass is 245 g/mol. The van der Waals surface area contributed by atoms with E-state index in [1.54, 1.807) is 0 Å². The van der Waals surface area contributed by atoms with E-state index < -0.39 is 0 Å². The van der Waals surface area contributed by atoms with Gasteiger partial charge in [0, 0.05) is 19.2 Å². The molecule has 0 radical (unpaired) electrons. The fraction of sp³-hybridized carbons (Fsp3) is 0.625. The largest absolute Gasteiger partial charge is 0.377 e. The van der Waals surface area contributed by atoms with Crippen LogP contribution in [-0.2, 0) is 11.2 Å². The Bertz CT molecular complexity index is 378. The van der Waals surface area contributed by atoms with Gasteiger partial charge in [-0.2, -0.15) is 0 Å². The van der Waals surface area contributed by atoms with Crippen molar-refractivity contribution in [1.82, 2.24) is 4.90 Å². The minimum atomic E-state index is 0.431. The number of ether oxygens (including phenoxy) is 1. The van der Waals surface area contributed by atoms with Gasteiger partial charge >= 0.3 is 0 Å². The summed E-state index contributed by atoms with van der Waals surface area (Å²) in [6.07, 6.45) is 4.23. The van der Waals surface area contributed by atoms with Crippen molar-refractivity contribution in [3.05, 3.63) is 35.9 Å². The molecule has 0 unspecified atom stereocenters. The summed E-state index contributed by atoms with van der Waals surface area (Å²) in [5, 5.41) is 0. The fourth-order valence-electron chi connectivity index (χ4n) is 3.48. The smallest absolute Gasteiger partial charge is 0.0703 e. The third-order valence-electron chi connectivity index (χ3n) is 4.49. The van der Waals surface area contributed by atoms with Crippen LogP contribution in [-0.4, -0.2) is 36.7 Å². The number of likely N-dealkylation sites (tertiary alicyclic amines) is 1. The Morgan fingerprint density at radius 1 is 1.22 bits per heavy atom. The summed E-state index contributed by atoms with van der Waals surface area (Å²) in [4.78, 5) is 2.66. The first-order valence-corrected chi connectivity index (χ1v) is 7.22. The fourth-order valence-corrected chi connectivity index (χ4v) is 3.48. The lowest BCUT2D eigenvalue weighted by Crippen LogP contribution is -2.38. The minimum Gasteiger partial charge on any atom is -0.377 e. The van der Waals surface area contributed by atoms with Gasteiger partial charge in [0.05, 0.1) is 6.10 Å². The molecular weight excluding hydrogens is 222 g/mol. The van der Waals surface area contributed by atoms with E-state index in [1.807, 2.05) is 0 Å². The molecule has 0 N–H and O–H groups in total. The Hall–Kier alpha value is -0.860. The van der Waals surface area contributed by atoms with Crippen LogP contribution in [0.25, 0.3) is 0 Å². The molecule has 3 rings (SSSR count). The predicted octanol–water partition coefficient (Wildman–Crippen LogP) is 2.73. The van der Waals surface area contributed by atoms with E-state index in [-0.39, 0.29) is 0 Å². The van der Waals surface area contributed by atoms with Gasteiger partial charge < -0.3 is 4.74 Å². The second-order valence-electron chi connectivity index (χ2n) is 5.77. The minimum absolute atomic E-state index is 0.431. The van der Waals surface area contributed by atoms with Crippen LogP contribution < -0.4 is 0 Å². The van der Waals surface area contributed by atoms with Crippen LogP contribution >= 0.6 is 0 Å². The van der Waals surface area contributed by atoms with Gasteiger partial charge in [-0.3, -0.25) is 4.90 Å². The average molecular weight is 245 g/mol. The molecule has 0 spiro atoms. The quantitative estimate of drug-likeness (QED) is 0.812. The van der Waals surface area contributed by atoms with Crippen LogP contribution in [0, 0.1) is 5.92 Å². The van der Waals surface area contributed by atoms with Gasteiger partial charge in [-0.15, -0.1) is 0 Å². The summed E-state index contributed by atoms with van der Waals surface area (Å²) in [5.74, 6) is 0.834. The standard InChI is InChI=1S/C16H23NO/c1-13-16(8-10-18-13)17-9-7-15(12-17)11-14-5-3-2-4-6-14/h2-6,13,15-16H,7-12H2,1H3/t13-,15+,16-/m0/s1. The normalized spacial score (nSPS) is 33.1. The first-order valence-electron chi connectivity index (χ1n) is 7.22. The zero-order valence-corrected chi connectivity index (χ0v) is 11.2. The highest BCUT2D eigenvalue weighted by Crippen LogP contribution is 2.27. The second-order valence-corrected chi connectivity index (χ2v) is 5.77. The van der Waals surface area contributed by atoms with Crippen molar-refractivity contribution in [1.29, 1.82) is 0 Å². The van der Waals surface area contributed by atoms with E-state index in [2.05, 4.69) is 42.2 Å². The van der Waals surface area contributed by atoms with Crippen LogP contribution in [0.1, 0.15) is 25.3 Å². The van der Waals surface area contributed by atoms with E-state index in [0.717, 1.165) is 12.5 Å². The van der Waals surface area contributed by atoms with Gasteiger partial charge in [0.15, 0.2) is 0 Å². The molecular formula is C16H23NO. The van der Waals surface area contributed by atoms with Gasteiger partial charge in [0.1, 0.15) is 0 Å². The molecule has 98 valence electrons. The molecule has 2 saturated heterocycles. The molecule has 18 heavy (non-hydrogen) atoms. The van der Waals surface area contributed by atoms with E-state index in [4.69, 9.17) is 4.74 Å². The molecule has 0 aliphatic carbocycles. The number of nitrogens with zero attached hydrogens (tertiary/aromatic N) is 1. The molecule has 0 amide bonds. The lowest BCUT2D eigenvalue weighted by Gasteiger charge is -2.26. The van der Waals surface area contributed by atoms with Gasteiger partial charge in [-0.05, 0) is 44.2 Å². The van der Waals surface area contributed by atoms with Crippen molar-refractivity contribution in [2.45, 2.75) is 38.3 Å². The summed E-state index contributed by atoms with van der Waals surface area (Å²) in [7, 11) is 0. The molecule has 3 atom stereocenters. The van der Waals surface area contributed by atoms with Crippen molar-refractivity contribution in [3.8, 4) is 0 Å². The Morgan fingerprint density at radius 3 is 2.78 bits per heavy atom. The number of hydrogen-bond donors (Lipinski definition) is 0. The second kappa shape index (κ2) is 5.41. The van der Waals surface area contributed by atoms with Crippen molar-refractivity contribution in [2.24, 2.45) is 5.92 Å². The molecule has 1 aromatic carbocycles. The number of rotatable bonds is 3. The lowest BCUT2D eigenvalue weighted by atomic mass is 9.99. The zero-order valence-electron chi connectivity index (χ0n) is 11.2. The maximum absolute atomic E-state index is 5.69. The predicted molar refractivity (Wildman–Crippen MR) is 73.6 cm³/mol. The zero-order chi connectivity index (χ0) is 12.4. The van der Waals surface area contributed by atoms with Crippen molar-refractivity contribution in [3.63, 3.8) is 0 Å². The SMILES string of the molecule is C[C@@H]1OCC[C@@H]1N1CC[C@H](Cc2ccccc2)C1. The summed E-state index contributed by atoms with van der Waals surface area (Å²) in [6, 6.07) is 11.6.